The Morgan fingerprint density at radius 1 is 1.26 bits per heavy atom. The number of carbonyl (C=O) groups is 1. The lowest BCUT2D eigenvalue weighted by Gasteiger charge is -2.07. The van der Waals surface area contributed by atoms with Gasteiger partial charge in [-0.05, 0) is 52.3 Å². The molecule has 0 saturated carbocycles. The van der Waals surface area contributed by atoms with Crippen molar-refractivity contribution in [3.8, 4) is 0 Å². The van der Waals surface area contributed by atoms with Crippen LogP contribution in [0.5, 0.6) is 0 Å². The fourth-order valence-corrected chi connectivity index (χ4v) is 1.96. The van der Waals surface area contributed by atoms with E-state index in [1.54, 1.807) is 18.2 Å². The monoisotopic (exact) mass is 342 g/mol. The predicted molar refractivity (Wildman–Crippen MR) is 77.9 cm³/mol. The maximum atomic E-state index is 13.0. The van der Waals surface area contributed by atoms with Crippen molar-refractivity contribution in [3.05, 3.63) is 57.3 Å². The summed E-state index contributed by atoms with van der Waals surface area (Å²) < 4.78 is 13.7. The van der Waals surface area contributed by atoms with Gasteiger partial charge >= 0.3 is 0 Å². The second-order valence-corrected chi connectivity index (χ2v) is 5.08. The summed E-state index contributed by atoms with van der Waals surface area (Å²) >= 11 is 9.12. The van der Waals surface area contributed by atoms with Gasteiger partial charge in [-0.15, -0.1) is 0 Å². The quantitative estimate of drug-likeness (QED) is 0.807. The Balaban J connectivity index is 2.20. The van der Waals surface area contributed by atoms with E-state index in [0.29, 0.717) is 15.2 Å². The first-order chi connectivity index (χ1) is 8.97. The zero-order valence-corrected chi connectivity index (χ0v) is 11.9. The Labute approximate surface area is 122 Å². The summed E-state index contributed by atoms with van der Waals surface area (Å²) in [4.78, 5) is 11.9. The highest BCUT2D eigenvalue weighted by molar-refractivity contribution is 9.10. The topological polar surface area (TPSA) is 55.1 Å². The maximum absolute atomic E-state index is 13.0. The molecule has 2 aromatic rings. The van der Waals surface area contributed by atoms with Gasteiger partial charge in [-0.1, -0.05) is 11.6 Å². The summed E-state index contributed by atoms with van der Waals surface area (Å²) in [6, 6.07) is 8.80. The maximum Gasteiger partial charge on any atom is 0.255 e. The standard InChI is InChI=1S/C13H9BrClFN2O/c14-9-6-8(2-3-10(9)15)18-13(19)7-1-4-11(16)12(17)5-7/h1-6H,17H2,(H,18,19). The van der Waals surface area contributed by atoms with Gasteiger partial charge in [0.1, 0.15) is 5.82 Å². The highest BCUT2D eigenvalue weighted by atomic mass is 79.9. The molecule has 0 radical (unpaired) electrons. The van der Waals surface area contributed by atoms with Crippen molar-refractivity contribution in [2.75, 3.05) is 11.1 Å². The second-order valence-electron chi connectivity index (χ2n) is 3.82. The fraction of sp³-hybridized carbons (Fsp3) is 0. The molecule has 0 aliphatic carbocycles. The van der Waals surface area contributed by atoms with Crippen LogP contribution in [0.4, 0.5) is 15.8 Å². The van der Waals surface area contributed by atoms with Crippen LogP contribution < -0.4 is 11.1 Å². The highest BCUT2D eigenvalue weighted by Gasteiger charge is 2.09. The molecular weight excluding hydrogens is 335 g/mol. The number of hydrogen-bond donors (Lipinski definition) is 2. The SMILES string of the molecule is Nc1cc(C(=O)Nc2ccc(Cl)c(Br)c2)ccc1F. The van der Waals surface area contributed by atoms with Crippen molar-refractivity contribution < 1.29 is 9.18 Å². The van der Waals surface area contributed by atoms with Gasteiger partial charge in [0.2, 0.25) is 0 Å². The molecule has 98 valence electrons. The number of rotatable bonds is 2. The third-order valence-electron chi connectivity index (χ3n) is 2.44. The summed E-state index contributed by atoms with van der Waals surface area (Å²) in [5.74, 6) is -0.924. The fourth-order valence-electron chi connectivity index (χ4n) is 1.46. The lowest BCUT2D eigenvalue weighted by Crippen LogP contribution is -2.12. The molecule has 2 rings (SSSR count). The normalized spacial score (nSPS) is 10.3. The average Bonchev–Trinajstić information content (AvgIpc) is 2.37. The van der Waals surface area contributed by atoms with Crippen molar-refractivity contribution in [1.29, 1.82) is 0 Å². The van der Waals surface area contributed by atoms with Crippen LogP contribution in [0.3, 0.4) is 0 Å². The molecule has 0 unspecified atom stereocenters. The lowest BCUT2D eigenvalue weighted by atomic mass is 10.2. The molecule has 0 aromatic heterocycles. The van der Waals surface area contributed by atoms with E-state index in [9.17, 15) is 9.18 Å². The molecule has 1 amide bonds. The van der Waals surface area contributed by atoms with E-state index in [2.05, 4.69) is 21.2 Å². The lowest BCUT2D eigenvalue weighted by molar-refractivity contribution is 0.102. The summed E-state index contributed by atoms with van der Waals surface area (Å²) in [7, 11) is 0. The molecule has 6 heteroatoms. The van der Waals surface area contributed by atoms with Crippen LogP contribution >= 0.6 is 27.5 Å². The smallest absolute Gasteiger partial charge is 0.255 e. The van der Waals surface area contributed by atoms with Gasteiger partial charge in [0, 0.05) is 15.7 Å². The van der Waals surface area contributed by atoms with Crippen LogP contribution in [-0.4, -0.2) is 5.91 Å². The van der Waals surface area contributed by atoms with Crippen molar-refractivity contribution in [2.45, 2.75) is 0 Å². The number of anilines is 2. The summed E-state index contributed by atoms with van der Waals surface area (Å²) in [5, 5.41) is 3.21. The van der Waals surface area contributed by atoms with Gasteiger partial charge in [0.15, 0.2) is 0 Å². The van der Waals surface area contributed by atoms with Crippen LogP contribution in [0.25, 0.3) is 0 Å². The van der Waals surface area contributed by atoms with E-state index in [1.165, 1.54) is 12.1 Å². The van der Waals surface area contributed by atoms with Gasteiger partial charge in [-0.25, -0.2) is 4.39 Å². The van der Waals surface area contributed by atoms with Crippen LogP contribution in [0.2, 0.25) is 5.02 Å². The van der Waals surface area contributed by atoms with E-state index >= 15 is 0 Å². The number of nitrogens with one attached hydrogen (secondary N) is 1. The van der Waals surface area contributed by atoms with Crippen LogP contribution in [0, 0.1) is 5.82 Å². The number of hydrogen-bond acceptors (Lipinski definition) is 2. The molecular formula is C13H9BrClFN2O. The highest BCUT2D eigenvalue weighted by Crippen LogP contribution is 2.26. The predicted octanol–water partition coefficient (Wildman–Crippen LogP) is 4.08. The molecule has 0 aliphatic rings. The van der Waals surface area contributed by atoms with Crippen molar-refractivity contribution >= 4 is 44.8 Å². The van der Waals surface area contributed by atoms with Gasteiger partial charge in [0.25, 0.3) is 5.91 Å². The molecule has 0 heterocycles. The first-order valence-corrected chi connectivity index (χ1v) is 6.46. The molecule has 3 N–H and O–H groups in total. The Hall–Kier alpha value is -1.59. The van der Waals surface area contributed by atoms with E-state index in [-0.39, 0.29) is 17.2 Å². The van der Waals surface area contributed by atoms with Gasteiger partial charge in [-0.3, -0.25) is 4.79 Å². The van der Waals surface area contributed by atoms with Gasteiger partial charge < -0.3 is 11.1 Å². The number of nitrogens with two attached hydrogens (primary N) is 1. The number of benzene rings is 2. The first-order valence-electron chi connectivity index (χ1n) is 5.29. The van der Waals surface area contributed by atoms with Gasteiger partial charge in [-0.2, -0.15) is 0 Å². The third-order valence-corrected chi connectivity index (χ3v) is 3.65. The molecule has 3 nitrogen and oxygen atoms in total. The zero-order chi connectivity index (χ0) is 14.0. The molecule has 0 fully saturated rings. The van der Waals surface area contributed by atoms with Crippen molar-refractivity contribution in [2.24, 2.45) is 0 Å². The Bertz CT molecular complexity index is 649. The average molecular weight is 344 g/mol. The summed E-state index contributed by atoms with van der Waals surface area (Å²) in [6.45, 7) is 0. The van der Waals surface area contributed by atoms with E-state index < -0.39 is 5.82 Å². The number of halogens is 3. The second kappa shape index (κ2) is 5.59. The molecule has 0 saturated heterocycles. The summed E-state index contributed by atoms with van der Waals surface area (Å²) in [6.07, 6.45) is 0. The number of nitrogen functional groups attached to an aromatic ring is 1. The Morgan fingerprint density at radius 2 is 2.00 bits per heavy atom. The minimum atomic E-state index is -0.550. The third kappa shape index (κ3) is 3.24. The van der Waals surface area contributed by atoms with Crippen molar-refractivity contribution in [1.82, 2.24) is 0 Å². The molecule has 0 aliphatic heterocycles. The van der Waals surface area contributed by atoms with E-state index in [0.717, 1.165) is 6.07 Å². The van der Waals surface area contributed by atoms with Crippen LogP contribution in [0.15, 0.2) is 40.9 Å². The van der Waals surface area contributed by atoms with Crippen LogP contribution in [0.1, 0.15) is 10.4 Å². The van der Waals surface area contributed by atoms with Gasteiger partial charge in [0.05, 0.1) is 10.7 Å². The number of amides is 1. The minimum Gasteiger partial charge on any atom is -0.396 e. The Morgan fingerprint density at radius 3 is 2.63 bits per heavy atom. The minimum absolute atomic E-state index is 0.0649. The molecule has 0 atom stereocenters. The Kier molecular flexibility index (Phi) is 4.07. The van der Waals surface area contributed by atoms with Crippen LogP contribution in [-0.2, 0) is 0 Å². The number of carbonyl (C=O) groups excluding carboxylic acids is 1. The van der Waals surface area contributed by atoms with Crippen molar-refractivity contribution in [3.63, 3.8) is 0 Å². The molecule has 0 spiro atoms. The first kappa shape index (κ1) is 13.8. The molecule has 2 aromatic carbocycles. The van der Waals surface area contributed by atoms with E-state index in [4.69, 9.17) is 17.3 Å². The largest absolute Gasteiger partial charge is 0.396 e. The molecule has 0 bridgehead atoms. The van der Waals surface area contributed by atoms with E-state index in [1.807, 2.05) is 0 Å². The zero-order valence-electron chi connectivity index (χ0n) is 9.58. The summed E-state index contributed by atoms with van der Waals surface area (Å²) in [5.41, 5.74) is 6.21. The molecule has 19 heavy (non-hydrogen) atoms.